The third-order valence-electron chi connectivity index (χ3n) is 1.32. The van der Waals surface area contributed by atoms with Gasteiger partial charge in [0.2, 0.25) is 11.8 Å². The summed E-state index contributed by atoms with van der Waals surface area (Å²) in [5, 5.41) is 0. The number of carbonyl (C=O) groups is 2. The number of hydrogen-bond acceptors (Lipinski definition) is 2. The topological polar surface area (TPSA) is 86.2 Å². The molecule has 4 heteroatoms. The van der Waals surface area contributed by atoms with E-state index in [1.165, 1.54) is 0 Å². The second-order valence-corrected chi connectivity index (χ2v) is 2.80. The minimum absolute atomic E-state index is 0.327. The molecular weight excluding hydrogens is 180 g/mol. The molecule has 0 saturated heterocycles. The molecule has 4 N–H and O–H groups in total. The molecule has 0 atom stereocenters. The Labute approximate surface area is 84.7 Å². The number of nitrogens with two attached hydrogens (primary N) is 2. The number of rotatable bonds is 3. The van der Waals surface area contributed by atoms with Crippen LogP contribution in [0.25, 0.3) is 0 Å². The zero-order valence-electron chi connectivity index (χ0n) is 8.96. The molecule has 0 radical (unpaired) electrons. The van der Waals surface area contributed by atoms with Crippen LogP contribution in [0.1, 0.15) is 27.2 Å². The molecule has 0 aliphatic heterocycles. The minimum Gasteiger partial charge on any atom is -0.366 e. The molecule has 4 nitrogen and oxygen atoms in total. The molecule has 0 spiro atoms. The molecule has 0 aromatic carbocycles. The lowest BCUT2D eigenvalue weighted by molar-refractivity contribution is -0.115. The van der Waals surface area contributed by atoms with E-state index in [0.29, 0.717) is 11.1 Å². The van der Waals surface area contributed by atoms with Gasteiger partial charge in [-0.05, 0) is 20.3 Å². The smallest absolute Gasteiger partial charge is 0.244 e. The van der Waals surface area contributed by atoms with E-state index < -0.39 is 5.91 Å². The molecule has 0 aromatic rings. The van der Waals surface area contributed by atoms with Gasteiger partial charge in [0.1, 0.15) is 0 Å². The summed E-state index contributed by atoms with van der Waals surface area (Å²) in [6, 6.07) is 0. The zero-order valence-corrected chi connectivity index (χ0v) is 8.96. The molecule has 0 aromatic heterocycles. The van der Waals surface area contributed by atoms with Gasteiger partial charge in [0.15, 0.2) is 0 Å². The molecule has 80 valence electrons. The second-order valence-electron chi connectivity index (χ2n) is 2.80. The quantitative estimate of drug-likeness (QED) is 0.659. The zero-order chi connectivity index (χ0) is 11.7. The van der Waals surface area contributed by atoms with Gasteiger partial charge in [0, 0.05) is 11.1 Å². The van der Waals surface area contributed by atoms with Crippen LogP contribution in [0.3, 0.4) is 0 Å². The van der Waals surface area contributed by atoms with E-state index in [4.69, 9.17) is 11.5 Å². The normalized spacial score (nSPS) is 9.79. The van der Waals surface area contributed by atoms with Gasteiger partial charge in [0.25, 0.3) is 0 Å². The van der Waals surface area contributed by atoms with Crippen molar-refractivity contribution in [3.8, 4) is 0 Å². The van der Waals surface area contributed by atoms with Crippen LogP contribution >= 0.6 is 0 Å². The maximum atomic E-state index is 10.2. The summed E-state index contributed by atoms with van der Waals surface area (Å²) in [6.07, 6.45) is 2.68. The van der Waals surface area contributed by atoms with E-state index in [1.807, 2.05) is 13.0 Å². The van der Waals surface area contributed by atoms with Crippen molar-refractivity contribution in [2.45, 2.75) is 27.2 Å². The lowest BCUT2D eigenvalue weighted by atomic mass is 10.2. The molecule has 0 unspecified atom stereocenters. The first-order valence-corrected chi connectivity index (χ1v) is 4.24. The van der Waals surface area contributed by atoms with E-state index in [9.17, 15) is 9.59 Å². The van der Waals surface area contributed by atoms with Crippen molar-refractivity contribution in [3.05, 3.63) is 23.8 Å². The lowest BCUT2D eigenvalue weighted by Gasteiger charge is -1.88. The minimum atomic E-state index is -0.435. The first-order valence-electron chi connectivity index (χ1n) is 4.24. The van der Waals surface area contributed by atoms with Crippen LogP contribution in [-0.2, 0) is 9.59 Å². The van der Waals surface area contributed by atoms with Crippen molar-refractivity contribution >= 4 is 11.8 Å². The van der Waals surface area contributed by atoms with Crippen molar-refractivity contribution in [3.63, 3.8) is 0 Å². The van der Waals surface area contributed by atoms with Gasteiger partial charge >= 0.3 is 0 Å². The SMILES string of the molecule is C=C(C)C(N)=O.CCC=C(C)C(N)=O. The highest BCUT2D eigenvalue weighted by Crippen LogP contribution is 1.91. The second kappa shape index (κ2) is 8.04. The van der Waals surface area contributed by atoms with Crippen LogP contribution in [0.2, 0.25) is 0 Å². The summed E-state index contributed by atoms with van der Waals surface area (Å²) >= 11 is 0. The van der Waals surface area contributed by atoms with Gasteiger partial charge in [0.05, 0.1) is 0 Å². The molecule has 0 bridgehead atoms. The van der Waals surface area contributed by atoms with E-state index in [1.54, 1.807) is 13.8 Å². The first kappa shape index (κ1) is 14.9. The Morgan fingerprint density at radius 2 is 1.57 bits per heavy atom. The highest BCUT2D eigenvalue weighted by atomic mass is 16.1. The van der Waals surface area contributed by atoms with Gasteiger partial charge in [-0.3, -0.25) is 9.59 Å². The number of hydrogen-bond donors (Lipinski definition) is 2. The molecule has 2 amide bonds. The van der Waals surface area contributed by atoms with Gasteiger partial charge in [-0.1, -0.05) is 19.6 Å². The third-order valence-corrected chi connectivity index (χ3v) is 1.32. The lowest BCUT2D eigenvalue weighted by Crippen LogP contribution is -2.11. The summed E-state index contributed by atoms with van der Waals surface area (Å²) in [6.45, 7) is 8.53. The van der Waals surface area contributed by atoms with Crippen LogP contribution in [0.15, 0.2) is 23.8 Å². The van der Waals surface area contributed by atoms with Crippen LogP contribution in [0.5, 0.6) is 0 Å². The molecule has 0 aliphatic carbocycles. The Hall–Kier alpha value is -1.58. The summed E-state index contributed by atoms with van der Waals surface area (Å²) in [5.41, 5.74) is 10.7. The largest absolute Gasteiger partial charge is 0.366 e. The van der Waals surface area contributed by atoms with Crippen LogP contribution in [0, 0.1) is 0 Å². The van der Waals surface area contributed by atoms with E-state index in [0.717, 1.165) is 6.42 Å². The van der Waals surface area contributed by atoms with Crippen molar-refractivity contribution in [1.29, 1.82) is 0 Å². The fourth-order valence-electron chi connectivity index (χ4n) is 0.407. The molecule has 14 heavy (non-hydrogen) atoms. The summed E-state index contributed by atoms with van der Waals surface area (Å²) in [7, 11) is 0. The Morgan fingerprint density at radius 3 is 1.64 bits per heavy atom. The predicted molar refractivity (Wildman–Crippen MR) is 57.3 cm³/mol. The molecule has 0 aliphatic rings. The summed E-state index contributed by atoms with van der Waals surface area (Å²) < 4.78 is 0. The standard InChI is InChI=1S/C6H11NO.C4H7NO/c1-3-4-5(2)6(7)8;1-3(2)4(5)6/h4H,3H2,1-2H3,(H2,7,8);1H2,2H3,(H2,5,6). The number of amides is 2. The fraction of sp³-hybridized carbons (Fsp3) is 0.400. The maximum Gasteiger partial charge on any atom is 0.244 e. The molecular formula is C10H18N2O2. The Bertz CT molecular complexity index is 243. The molecule has 0 heterocycles. The van der Waals surface area contributed by atoms with Crippen molar-refractivity contribution in [2.75, 3.05) is 0 Å². The maximum absolute atomic E-state index is 10.2. The van der Waals surface area contributed by atoms with Crippen LogP contribution in [-0.4, -0.2) is 11.8 Å². The van der Waals surface area contributed by atoms with E-state index >= 15 is 0 Å². The fourth-order valence-corrected chi connectivity index (χ4v) is 0.407. The first-order chi connectivity index (χ1) is 6.32. The molecule has 0 fully saturated rings. The monoisotopic (exact) mass is 198 g/mol. The summed E-state index contributed by atoms with van der Waals surface area (Å²) in [5.74, 6) is -0.762. The Morgan fingerprint density at radius 1 is 1.21 bits per heavy atom. The van der Waals surface area contributed by atoms with Gasteiger partial charge < -0.3 is 11.5 Å². The van der Waals surface area contributed by atoms with Gasteiger partial charge in [-0.15, -0.1) is 0 Å². The van der Waals surface area contributed by atoms with E-state index in [2.05, 4.69) is 6.58 Å². The van der Waals surface area contributed by atoms with Crippen molar-refractivity contribution in [1.82, 2.24) is 0 Å². The average molecular weight is 198 g/mol. The van der Waals surface area contributed by atoms with Crippen molar-refractivity contribution in [2.24, 2.45) is 11.5 Å². The average Bonchev–Trinajstić information content (AvgIpc) is 2.05. The number of carbonyl (C=O) groups excluding carboxylic acids is 2. The van der Waals surface area contributed by atoms with Crippen LogP contribution in [0.4, 0.5) is 0 Å². The third kappa shape index (κ3) is 10.4. The Kier molecular flexibility index (Phi) is 8.57. The summed E-state index contributed by atoms with van der Waals surface area (Å²) in [4.78, 5) is 20.1. The highest BCUT2D eigenvalue weighted by Gasteiger charge is 1.91. The number of primary amides is 2. The highest BCUT2D eigenvalue weighted by molar-refractivity contribution is 5.91. The Balaban J connectivity index is 0. The molecule has 0 saturated carbocycles. The van der Waals surface area contributed by atoms with Crippen molar-refractivity contribution < 1.29 is 9.59 Å². The van der Waals surface area contributed by atoms with Gasteiger partial charge in [-0.2, -0.15) is 0 Å². The van der Waals surface area contributed by atoms with E-state index in [-0.39, 0.29) is 5.91 Å². The molecule has 0 rings (SSSR count). The van der Waals surface area contributed by atoms with Gasteiger partial charge in [-0.25, -0.2) is 0 Å². The van der Waals surface area contributed by atoms with Crippen LogP contribution < -0.4 is 11.5 Å². The number of allylic oxidation sites excluding steroid dienone is 1. The predicted octanol–water partition coefficient (Wildman–Crippen LogP) is 0.876.